The van der Waals surface area contributed by atoms with E-state index in [1.54, 1.807) is 6.08 Å². The van der Waals surface area contributed by atoms with E-state index in [9.17, 15) is 13.6 Å². The van der Waals surface area contributed by atoms with Gasteiger partial charge in [-0.1, -0.05) is 6.07 Å². The van der Waals surface area contributed by atoms with E-state index in [0.717, 1.165) is 23.1 Å². The molecule has 0 aliphatic heterocycles. The van der Waals surface area contributed by atoms with Crippen LogP contribution < -0.4 is 5.32 Å². The number of benzene rings is 1. The molecular formula is C13H9F2NOS. The standard InChI is InChI=1S/C13H9F2NOS/c14-9-3-5-11(15)12(8-9)16-13(17)6-4-10-2-1-7-18-10/h1-8H,(H,16,17)/b6-4+. The maximum atomic E-state index is 13.2. The number of hydrogen-bond donors (Lipinski definition) is 1. The van der Waals surface area contributed by atoms with E-state index >= 15 is 0 Å². The van der Waals surface area contributed by atoms with Crippen LogP contribution in [-0.4, -0.2) is 5.91 Å². The fraction of sp³-hybridized carbons (Fsp3) is 0. The van der Waals surface area contributed by atoms with Crippen molar-refractivity contribution in [2.45, 2.75) is 0 Å². The minimum absolute atomic E-state index is 0.171. The average Bonchev–Trinajstić information content (AvgIpc) is 2.84. The zero-order valence-corrected chi connectivity index (χ0v) is 10.0. The fourth-order valence-corrected chi connectivity index (χ4v) is 1.93. The Labute approximate surface area is 107 Å². The van der Waals surface area contributed by atoms with Gasteiger partial charge in [-0.15, -0.1) is 11.3 Å². The smallest absolute Gasteiger partial charge is 0.248 e. The van der Waals surface area contributed by atoms with Gasteiger partial charge in [0, 0.05) is 17.0 Å². The molecule has 0 saturated carbocycles. The highest BCUT2D eigenvalue weighted by Gasteiger charge is 2.05. The molecule has 0 aliphatic carbocycles. The van der Waals surface area contributed by atoms with E-state index in [2.05, 4.69) is 5.32 Å². The largest absolute Gasteiger partial charge is 0.320 e. The Bertz CT molecular complexity index is 579. The Hall–Kier alpha value is -2.01. The van der Waals surface area contributed by atoms with Crippen LogP contribution in [0.4, 0.5) is 14.5 Å². The molecule has 1 aromatic carbocycles. The Kier molecular flexibility index (Phi) is 3.84. The van der Waals surface area contributed by atoms with E-state index in [0.29, 0.717) is 0 Å². The highest BCUT2D eigenvalue weighted by atomic mass is 32.1. The summed E-state index contributed by atoms with van der Waals surface area (Å²) in [5.41, 5.74) is -0.171. The number of thiophene rings is 1. The van der Waals surface area contributed by atoms with E-state index < -0.39 is 17.5 Å². The average molecular weight is 265 g/mol. The SMILES string of the molecule is O=C(/C=C/c1cccs1)Nc1cc(F)ccc1F. The molecule has 0 bridgehead atoms. The molecule has 1 N–H and O–H groups in total. The summed E-state index contributed by atoms with van der Waals surface area (Å²) < 4.78 is 26.1. The van der Waals surface area contributed by atoms with Crippen molar-refractivity contribution in [1.29, 1.82) is 0 Å². The number of rotatable bonds is 3. The summed E-state index contributed by atoms with van der Waals surface area (Å²) in [7, 11) is 0. The molecule has 0 saturated heterocycles. The topological polar surface area (TPSA) is 29.1 Å². The predicted octanol–water partition coefficient (Wildman–Crippen LogP) is 3.68. The molecule has 2 nitrogen and oxygen atoms in total. The van der Waals surface area contributed by atoms with Crippen LogP contribution in [0.2, 0.25) is 0 Å². The van der Waals surface area contributed by atoms with Crippen molar-refractivity contribution < 1.29 is 13.6 Å². The zero-order valence-electron chi connectivity index (χ0n) is 9.19. The van der Waals surface area contributed by atoms with E-state index in [1.165, 1.54) is 17.4 Å². The quantitative estimate of drug-likeness (QED) is 0.843. The third kappa shape index (κ3) is 3.24. The molecule has 2 rings (SSSR count). The highest BCUT2D eigenvalue weighted by Crippen LogP contribution is 2.15. The first-order chi connectivity index (χ1) is 8.65. The molecule has 0 spiro atoms. The van der Waals surface area contributed by atoms with Gasteiger partial charge < -0.3 is 5.32 Å². The van der Waals surface area contributed by atoms with Gasteiger partial charge in [0.15, 0.2) is 0 Å². The van der Waals surface area contributed by atoms with Crippen LogP contribution >= 0.6 is 11.3 Å². The predicted molar refractivity (Wildman–Crippen MR) is 68.3 cm³/mol. The van der Waals surface area contributed by atoms with Crippen LogP contribution in [0.25, 0.3) is 6.08 Å². The van der Waals surface area contributed by atoms with Crippen LogP contribution in [0, 0.1) is 11.6 Å². The van der Waals surface area contributed by atoms with Crippen molar-refractivity contribution in [3.8, 4) is 0 Å². The second kappa shape index (κ2) is 5.55. The van der Waals surface area contributed by atoms with E-state index in [4.69, 9.17) is 0 Å². The Balaban J connectivity index is 2.05. The molecular weight excluding hydrogens is 256 g/mol. The zero-order chi connectivity index (χ0) is 13.0. The van der Waals surface area contributed by atoms with Crippen LogP contribution in [0.3, 0.4) is 0 Å². The van der Waals surface area contributed by atoms with Gasteiger partial charge in [0.1, 0.15) is 11.6 Å². The van der Waals surface area contributed by atoms with Gasteiger partial charge in [-0.3, -0.25) is 4.79 Å². The minimum Gasteiger partial charge on any atom is -0.320 e. The lowest BCUT2D eigenvalue weighted by Gasteiger charge is -2.03. The molecule has 18 heavy (non-hydrogen) atoms. The van der Waals surface area contributed by atoms with Gasteiger partial charge in [-0.05, 0) is 29.7 Å². The first-order valence-corrected chi connectivity index (χ1v) is 6.01. The lowest BCUT2D eigenvalue weighted by atomic mass is 10.3. The van der Waals surface area contributed by atoms with Gasteiger partial charge in [0.2, 0.25) is 5.91 Å². The van der Waals surface area contributed by atoms with Crippen molar-refractivity contribution in [3.05, 3.63) is 58.3 Å². The molecule has 1 amide bonds. The maximum Gasteiger partial charge on any atom is 0.248 e. The number of nitrogens with one attached hydrogen (secondary N) is 1. The van der Waals surface area contributed by atoms with Gasteiger partial charge >= 0.3 is 0 Å². The van der Waals surface area contributed by atoms with Crippen molar-refractivity contribution in [1.82, 2.24) is 0 Å². The van der Waals surface area contributed by atoms with Crippen LogP contribution in [-0.2, 0) is 4.79 Å². The van der Waals surface area contributed by atoms with Gasteiger partial charge in [0.25, 0.3) is 0 Å². The summed E-state index contributed by atoms with van der Waals surface area (Å²) in [4.78, 5) is 12.4. The van der Waals surface area contributed by atoms with Crippen molar-refractivity contribution in [3.63, 3.8) is 0 Å². The van der Waals surface area contributed by atoms with Gasteiger partial charge in [-0.2, -0.15) is 0 Å². The summed E-state index contributed by atoms with van der Waals surface area (Å²) >= 11 is 1.48. The Morgan fingerprint density at radius 2 is 2.11 bits per heavy atom. The lowest BCUT2D eigenvalue weighted by Crippen LogP contribution is -2.09. The number of anilines is 1. The Morgan fingerprint density at radius 1 is 1.28 bits per heavy atom. The molecule has 0 aliphatic rings. The summed E-state index contributed by atoms with van der Waals surface area (Å²) in [5.74, 6) is -1.78. The van der Waals surface area contributed by atoms with Crippen molar-refractivity contribution in [2.75, 3.05) is 5.32 Å². The van der Waals surface area contributed by atoms with Crippen LogP contribution in [0.1, 0.15) is 4.88 Å². The minimum atomic E-state index is -0.672. The maximum absolute atomic E-state index is 13.2. The van der Waals surface area contributed by atoms with Gasteiger partial charge in [0.05, 0.1) is 5.69 Å². The molecule has 1 heterocycles. The summed E-state index contributed by atoms with van der Waals surface area (Å²) in [6.45, 7) is 0. The van der Waals surface area contributed by atoms with Crippen LogP contribution in [0.5, 0.6) is 0 Å². The Morgan fingerprint density at radius 3 is 2.83 bits per heavy atom. The van der Waals surface area contributed by atoms with E-state index in [1.807, 2.05) is 17.5 Å². The summed E-state index contributed by atoms with van der Waals surface area (Å²) in [6.07, 6.45) is 2.88. The molecule has 5 heteroatoms. The molecule has 1 aromatic heterocycles. The molecule has 0 fully saturated rings. The van der Waals surface area contributed by atoms with Gasteiger partial charge in [-0.25, -0.2) is 8.78 Å². The third-order valence-electron chi connectivity index (χ3n) is 2.13. The number of hydrogen-bond acceptors (Lipinski definition) is 2. The monoisotopic (exact) mass is 265 g/mol. The molecule has 0 atom stereocenters. The molecule has 0 radical (unpaired) electrons. The summed E-state index contributed by atoms with van der Waals surface area (Å²) in [5, 5.41) is 4.16. The number of halogens is 2. The van der Waals surface area contributed by atoms with E-state index in [-0.39, 0.29) is 5.69 Å². The first kappa shape index (κ1) is 12.4. The normalized spacial score (nSPS) is 10.8. The highest BCUT2D eigenvalue weighted by molar-refractivity contribution is 7.10. The summed E-state index contributed by atoms with van der Waals surface area (Å²) in [6, 6.07) is 6.60. The fourth-order valence-electron chi connectivity index (χ4n) is 1.31. The molecule has 92 valence electrons. The first-order valence-electron chi connectivity index (χ1n) is 5.13. The molecule has 0 unspecified atom stereocenters. The number of amides is 1. The third-order valence-corrected chi connectivity index (χ3v) is 2.97. The number of carbonyl (C=O) groups is 1. The van der Waals surface area contributed by atoms with Crippen molar-refractivity contribution >= 4 is 29.0 Å². The second-order valence-electron chi connectivity index (χ2n) is 3.46. The van der Waals surface area contributed by atoms with Crippen molar-refractivity contribution in [2.24, 2.45) is 0 Å². The second-order valence-corrected chi connectivity index (χ2v) is 4.44. The van der Waals surface area contributed by atoms with Crippen LogP contribution in [0.15, 0.2) is 41.8 Å². The molecule has 2 aromatic rings. The lowest BCUT2D eigenvalue weighted by molar-refractivity contribution is -0.111. The number of carbonyl (C=O) groups excluding carboxylic acids is 1.